The van der Waals surface area contributed by atoms with Gasteiger partial charge in [-0.2, -0.15) is 5.10 Å². The van der Waals surface area contributed by atoms with Gasteiger partial charge in [0.15, 0.2) is 10.7 Å². The van der Waals surface area contributed by atoms with Crippen LogP contribution in [-0.4, -0.2) is 14.3 Å². The number of hydrogen-bond donors (Lipinski definition) is 0. The van der Waals surface area contributed by atoms with Gasteiger partial charge in [-0.1, -0.05) is 13.8 Å². The molecular formula is C8H13ClN2OS. The van der Waals surface area contributed by atoms with Crippen molar-refractivity contribution in [2.24, 2.45) is 7.05 Å². The third kappa shape index (κ3) is 2.00. The highest BCUT2D eigenvalue weighted by Crippen LogP contribution is 2.24. The molecule has 0 amide bonds. The Morgan fingerprint density at radius 2 is 2.08 bits per heavy atom. The quantitative estimate of drug-likeness (QED) is 0.729. The van der Waals surface area contributed by atoms with E-state index in [1.54, 1.807) is 4.68 Å². The Morgan fingerprint density at radius 3 is 2.46 bits per heavy atom. The largest absolute Gasteiger partial charge is 0.594 e. The summed E-state index contributed by atoms with van der Waals surface area (Å²) in [5.41, 5.74) is 1.80. The SMILES string of the molecule is CCc1nn(C)c(CC)c1[S+]([O-])Cl. The van der Waals surface area contributed by atoms with E-state index in [1.807, 2.05) is 20.9 Å². The topological polar surface area (TPSA) is 40.9 Å². The van der Waals surface area contributed by atoms with Gasteiger partial charge in [0, 0.05) is 7.05 Å². The van der Waals surface area contributed by atoms with Crippen molar-refractivity contribution in [1.29, 1.82) is 0 Å². The Labute approximate surface area is 85.8 Å². The summed E-state index contributed by atoms with van der Waals surface area (Å²) >= 11 is 0. The molecule has 1 atom stereocenters. The van der Waals surface area contributed by atoms with Crippen LogP contribution in [0.1, 0.15) is 25.2 Å². The van der Waals surface area contributed by atoms with Crippen molar-refractivity contribution < 1.29 is 4.55 Å². The molecular weight excluding hydrogens is 208 g/mol. The fourth-order valence-electron chi connectivity index (χ4n) is 1.41. The highest BCUT2D eigenvalue weighted by molar-refractivity contribution is 8.13. The van der Waals surface area contributed by atoms with Crippen LogP contribution in [0.15, 0.2) is 4.90 Å². The molecule has 0 aliphatic rings. The number of aryl methyl sites for hydroxylation is 2. The lowest BCUT2D eigenvalue weighted by molar-refractivity contribution is 0.606. The molecule has 0 N–H and O–H groups in total. The summed E-state index contributed by atoms with van der Waals surface area (Å²) in [6.07, 6.45) is 1.57. The van der Waals surface area contributed by atoms with E-state index in [0.29, 0.717) is 4.90 Å². The first-order chi connectivity index (χ1) is 6.11. The lowest BCUT2D eigenvalue weighted by atomic mass is 10.2. The van der Waals surface area contributed by atoms with Crippen LogP contribution in [0.4, 0.5) is 0 Å². The molecule has 0 aliphatic carbocycles. The Balaban J connectivity index is 3.24. The maximum atomic E-state index is 11.2. The molecule has 1 aromatic heterocycles. The summed E-state index contributed by atoms with van der Waals surface area (Å²) in [4.78, 5) is 0.703. The number of nitrogens with zero attached hydrogens (tertiary/aromatic N) is 2. The van der Waals surface area contributed by atoms with Crippen molar-refractivity contribution in [3.8, 4) is 0 Å². The summed E-state index contributed by atoms with van der Waals surface area (Å²) in [6.45, 7) is 3.98. The molecule has 5 heteroatoms. The van der Waals surface area contributed by atoms with Gasteiger partial charge >= 0.3 is 0 Å². The molecule has 1 unspecified atom stereocenters. The van der Waals surface area contributed by atoms with Gasteiger partial charge in [0.1, 0.15) is 16.1 Å². The molecule has 0 radical (unpaired) electrons. The van der Waals surface area contributed by atoms with Crippen LogP contribution < -0.4 is 0 Å². The second-order valence-electron chi connectivity index (χ2n) is 2.78. The normalized spacial score (nSPS) is 13.3. The number of hydrogen-bond acceptors (Lipinski definition) is 2. The standard InChI is InChI=1S/C8H13ClN2OS/c1-4-6-8(13(9)12)7(5-2)11(3)10-6/h4-5H2,1-3H3. The van der Waals surface area contributed by atoms with Gasteiger partial charge in [-0.15, -0.1) is 0 Å². The first-order valence-corrected chi connectivity index (χ1v) is 6.22. The Kier molecular flexibility index (Phi) is 3.64. The Morgan fingerprint density at radius 1 is 1.46 bits per heavy atom. The summed E-state index contributed by atoms with van der Waals surface area (Å²) in [7, 11) is 6.01. The predicted octanol–water partition coefficient (Wildman–Crippen LogP) is 1.81. The summed E-state index contributed by atoms with van der Waals surface area (Å²) < 4.78 is 13.0. The predicted molar refractivity (Wildman–Crippen MR) is 54.2 cm³/mol. The molecule has 1 aromatic rings. The molecule has 13 heavy (non-hydrogen) atoms. The van der Waals surface area contributed by atoms with Gasteiger partial charge in [0.25, 0.3) is 0 Å². The monoisotopic (exact) mass is 220 g/mol. The van der Waals surface area contributed by atoms with Gasteiger partial charge in [-0.05, 0) is 12.8 Å². The summed E-state index contributed by atoms with van der Waals surface area (Å²) in [6, 6.07) is 0. The van der Waals surface area contributed by atoms with Crippen molar-refractivity contribution in [2.45, 2.75) is 31.6 Å². The zero-order valence-corrected chi connectivity index (χ0v) is 9.58. The van der Waals surface area contributed by atoms with E-state index >= 15 is 0 Å². The second kappa shape index (κ2) is 4.35. The van der Waals surface area contributed by atoms with E-state index in [0.717, 1.165) is 24.2 Å². The average Bonchev–Trinajstić information content (AvgIpc) is 2.41. The lowest BCUT2D eigenvalue weighted by Crippen LogP contribution is -2.00. The van der Waals surface area contributed by atoms with Crippen LogP contribution >= 0.6 is 10.7 Å². The fraction of sp³-hybridized carbons (Fsp3) is 0.625. The minimum atomic E-state index is -1.44. The van der Waals surface area contributed by atoms with E-state index in [-0.39, 0.29) is 0 Å². The minimum absolute atomic E-state index is 0.703. The van der Waals surface area contributed by atoms with Gasteiger partial charge in [-0.3, -0.25) is 4.68 Å². The smallest absolute Gasteiger partial charge is 0.216 e. The van der Waals surface area contributed by atoms with Crippen molar-refractivity contribution >= 4 is 21.1 Å². The molecule has 1 heterocycles. The maximum Gasteiger partial charge on any atom is 0.216 e. The first kappa shape index (κ1) is 10.9. The number of rotatable bonds is 3. The van der Waals surface area contributed by atoms with E-state index in [1.165, 1.54) is 0 Å². The molecule has 0 saturated carbocycles. The molecule has 74 valence electrons. The van der Waals surface area contributed by atoms with Crippen LogP contribution in [0.2, 0.25) is 0 Å². The fourth-order valence-corrected chi connectivity index (χ4v) is 2.77. The molecule has 0 aliphatic heterocycles. The molecule has 0 aromatic carbocycles. The average molecular weight is 221 g/mol. The lowest BCUT2D eigenvalue weighted by Gasteiger charge is -2.01. The molecule has 0 saturated heterocycles. The molecule has 1 rings (SSSR count). The van der Waals surface area contributed by atoms with Gasteiger partial charge in [0.2, 0.25) is 4.90 Å². The molecule has 3 nitrogen and oxygen atoms in total. The van der Waals surface area contributed by atoms with Crippen molar-refractivity contribution in [1.82, 2.24) is 9.78 Å². The second-order valence-corrected chi connectivity index (χ2v) is 4.47. The van der Waals surface area contributed by atoms with Gasteiger partial charge < -0.3 is 4.55 Å². The van der Waals surface area contributed by atoms with Crippen LogP contribution in [-0.2, 0) is 30.3 Å². The van der Waals surface area contributed by atoms with Crippen molar-refractivity contribution in [3.63, 3.8) is 0 Å². The number of aromatic nitrogens is 2. The van der Waals surface area contributed by atoms with Crippen LogP contribution in [0, 0.1) is 0 Å². The third-order valence-corrected chi connectivity index (χ3v) is 3.27. The van der Waals surface area contributed by atoms with E-state index < -0.39 is 10.4 Å². The van der Waals surface area contributed by atoms with Crippen LogP contribution in [0.3, 0.4) is 0 Å². The molecule has 0 bridgehead atoms. The highest BCUT2D eigenvalue weighted by atomic mass is 35.7. The highest BCUT2D eigenvalue weighted by Gasteiger charge is 2.23. The zero-order valence-electron chi connectivity index (χ0n) is 8.00. The van der Waals surface area contributed by atoms with Crippen LogP contribution in [0.5, 0.6) is 0 Å². The molecule has 0 fully saturated rings. The molecule has 0 spiro atoms. The third-order valence-electron chi connectivity index (χ3n) is 2.02. The van der Waals surface area contributed by atoms with Gasteiger partial charge in [0.05, 0.1) is 5.69 Å². The van der Waals surface area contributed by atoms with Gasteiger partial charge in [-0.25, -0.2) is 0 Å². The Hall–Kier alpha value is -0.190. The van der Waals surface area contributed by atoms with Crippen molar-refractivity contribution in [3.05, 3.63) is 11.4 Å². The van der Waals surface area contributed by atoms with Crippen LogP contribution in [0.25, 0.3) is 0 Å². The summed E-state index contributed by atoms with van der Waals surface area (Å²) in [5.74, 6) is 0. The van der Waals surface area contributed by atoms with E-state index in [4.69, 9.17) is 10.7 Å². The Bertz CT molecular complexity index is 299. The van der Waals surface area contributed by atoms with Crippen molar-refractivity contribution in [2.75, 3.05) is 0 Å². The minimum Gasteiger partial charge on any atom is -0.594 e. The zero-order chi connectivity index (χ0) is 10.0. The van der Waals surface area contributed by atoms with E-state index in [2.05, 4.69) is 5.10 Å². The van der Waals surface area contributed by atoms with E-state index in [9.17, 15) is 4.55 Å². The first-order valence-electron chi connectivity index (χ1n) is 4.24. The number of halogens is 1. The summed E-state index contributed by atoms with van der Waals surface area (Å²) in [5, 5.41) is 4.26. The maximum absolute atomic E-state index is 11.2.